The predicted molar refractivity (Wildman–Crippen MR) is 74.8 cm³/mol. The van der Waals surface area contributed by atoms with Crippen molar-refractivity contribution in [2.75, 3.05) is 13.2 Å². The lowest BCUT2D eigenvalue weighted by Gasteiger charge is -2.17. The maximum absolute atomic E-state index is 5.66. The average Bonchev–Trinajstić information content (AvgIpc) is 2.67. The highest BCUT2D eigenvalue weighted by Gasteiger charge is 2.16. The molecular weight excluding hydrogens is 253 g/mol. The maximum Gasteiger partial charge on any atom is 0.294 e. The van der Waals surface area contributed by atoms with Crippen LogP contribution in [0.5, 0.6) is 0 Å². The van der Waals surface area contributed by atoms with Gasteiger partial charge < -0.3 is 9.05 Å². The molecule has 3 nitrogen and oxygen atoms in total. The first-order valence-corrected chi connectivity index (χ1v) is 7.21. The highest BCUT2D eigenvalue weighted by molar-refractivity contribution is 7.80. The van der Waals surface area contributed by atoms with Crippen LogP contribution in [-0.2, 0) is 9.05 Å². The van der Waals surface area contributed by atoms with E-state index in [1.54, 1.807) is 0 Å². The van der Waals surface area contributed by atoms with Crippen molar-refractivity contribution in [2.24, 2.45) is 0 Å². The Morgan fingerprint density at radius 1 is 1.18 bits per heavy atom. The van der Waals surface area contributed by atoms with Crippen LogP contribution in [0.2, 0.25) is 0 Å². The van der Waals surface area contributed by atoms with E-state index in [4.69, 9.17) is 9.05 Å². The Labute approximate surface area is 108 Å². The summed E-state index contributed by atoms with van der Waals surface area (Å²) in [7, 11) is -1.07. The van der Waals surface area contributed by atoms with Crippen molar-refractivity contribution in [3.8, 4) is 0 Å². The number of hydrogen-bond donors (Lipinski definition) is 1. The van der Waals surface area contributed by atoms with Gasteiger partial charge in [0.15, 0.2) is 0 Å². The predicted octanol–water partition coefficient (Wildman–Crippen LogP) is 4.08. The van der Waals surface area contributed by atoms with E-state index >= 15 is 0 Å². The molecule has 0 N–H and O–H groups in total. The molecule has 92 valence electrons. The van der Waals surface area contributed by atoms with Crippen LogP contribution in [0.4, 0.5) is 0 Å². The van der Waals surface area contributed by atoms with Gasteiger partial charge in [0.2, 0.25) is 0 Å². The van der Waals surface area contributed by atoms with Crippen LogP contribution in [0.15, 0.2) is 35.4 Å². The van der Waals surface area contributed by atoms with Crippen LogP contribution >= 0.6 is 21.2 Å². The molecule has 0 fully saturated rings. The van der Waals surface area contributed by atoms with E-state index in [2.05, 4.69) is 24.8 Å². The zero-order valence-electron chi connectivity index (χ0n) is 9.96. The summed E-state index contributed by atoms with van der Waals surface area (Å²) in [4.78, 5) is 0.951. The van der Waals surface area contributed by atoms with Crippen molar-refractivity contribution < 1.29 is 9.05 Å². The minimum Gasteiger partial charge on any atom is -0.318 e. The third-order valence-corrected chi connectivity index (χ3v) is 4.32. The summed E-state index contributed by atoms with van der Waals surface area (Å²) >= 11 is 4.48. The number of para-hydroxylation sites is 1. The number of nitrogens with zero attached hydrogens (tertiary/aromatic N) is 1. The number of fused-ring (bicyclic) bond motifs is 1. The van der Waals surface area contributed by atoms with Gasteiger partial charge in [-0.1, -0.05) is 18.2 Å². The quantitative estimate of drug-likeness (QED) is 0.653. The summed E-state index contributed by atoms with van der Waals surface area (Å²) in [6.07, 6.45) is 1.98. The standard InChI is InChI=1S/C12H16NO2PS/c1-3-14-16(15-4-2)13-9-12(17)10-7-5-6-8-11(10)13/h5-9,17H,3-4H2,1-2H3. The summed E-state index contributed by atoms with van der Waals surface area (Å²) in [5.74, 6) is 0. The van der Waals surface area contributed by atoms with E-state index < -0.39 is 8.53 Å². The summed E-state index contributed by atoms with van der Waals surface area (Å²) in [5.41, 5.74) is 1.10. The molecule has 0 saturated heterocycles. The fraction of sp³-hybridized carbons (Fsp3) is 0.333. The molecule has 0 amide bonds. The summed E-state index contributed by atoms with van der Waals surface area (Å²) in [5, 5.41) is 1.13. The molecule has 1 heterocycles. The Morgan fingerprint density at radius 3 is 2.47 bits per heavy atom. The third kappa shape index (κ3) is 2.66. The topological polar surface area (TPSA) is 23.4 Å². The maximum atomic E-state index is 5.66. The highest BCUT2D eigenvalue weighted by Crippen LogP contribution is 2.44. The van der Waals surface area contributed by atoms with E-state index in [1.165, 1.54) is 0 Å². The van der Waals surface area contributed by atoms with E-state index in [-0.39, 0.29) is 0 Å². The number of aromatic nitrogens is 1. The molecule has 1 aromatic carbocycles. The third-order valence-electron chi connectivity index (χ3n) is 2.33. The molecule has 0 bridgehead atoms. The fourth-order valence-electron chi connectivity index (χ4n) is 1.66. The number of hydrogen-bond acceptors (Lipinski definition) is 3. The van der Waals surface area contributed by atoms with Crippen LogP contribution in [0, 0.1) is 0 Å². The first kappa shape index (κ1) is 12.9. The van der Waals surface area contributed by atoms with E-state index in [0.717, 1.165) is 15.8 Å². The van der Waals surface area contributed by atoms with Crippen LogP contribution in [0.1, 0.15) is 13.8 Å². The number of rotatable bonds is 5. The summed E-state index contributed by atoms with van der Waals surface area (Å²) in [6, 6.07) is 8.13. The van der Waals surface area contributed by atoms with Crippen molar-refractivity contribution in [1.29, 1.82) is 0 Å². The molecular formula is C12H16NO2PS. The van der Waals surface area contributed by atoms with E-state index in [1.807, 2.05) is 36.5 Å². The van der Waals surface area contributed by atoms with Gasteiger partial charge in [-0.05, 0) is 19.9 Å². The lowest BCUT2D eigenvalue weighted by atomic mass is 10.2. The normalized spacial score (nSPS) is 11.5. The lowest BCUT2D eigenvalue weighted by molar-refractivity contribution is 0.264. The Hall–Kier alpha value is -0.540. The first-order chi connectivity index (χ1) is 8.27. The van der Waals surface area contributed by atoms with Crippen LogP contribution in [0.3, 0.4) is 0 Å². The Bertz CT molecular complexity index is 494. The van der Waals surface area contributed by atoms with Gasteiger partial charge in [0.05, 0.1) is 18.7 Å². The monoisotopic (exact) mass is 269 g/mol. The van der Waals surface area contributed by atoms with Crippen molar-refractivity contribution in [1.82, 2.24) is 4.34 Å². The zero-order valence-corrected chi connectivity index (χ0v) is 11.7. The zero-order chi connectivity index (χ0) is 12.3. The molecule has 0 aliphatic carbocycles. The van der Waals surface area contributed by atoms with Gasteiger partial charge in [-0.15, -0.1) is 12.6 Å². The minimum atomic E-state index is -1.07. The molecule has 0 atom stereocenters. The number of thiol groups is 1. The summed E-state index contributed by atoms with van der Waals surface area (Å²) < 4.78 is 13.4. The second-order valence-electron chi connectivity index (χ2n) is 3.45. The van der Waals surface area contributed by atoms with Crippen molar-refractivity contribution in [3.63, 3.8) is 0 Å². The van der Waals surface area contributed by atoms with Gasteiger partial charge in [0.25, 0.3) is 8.53 Å². The molecule has 0 radical (unpaired) electrons. The minimum absolute atomic E-state index is 0.639. The van der Waals surface area contributed by atoms with Gasteiger partial charge in [0, 0.05) is 16.5 Å². The lowest BCUT2D eigenvalue weighted by Crippen LogP contribution is -1.98. The smallest absolute Gasteiger partial charge is 0.294 e. The molecule has 0 aliphatic heterocycles. The van der Waals surface area contributed by atoms with Crippen molar-refractivity contribution >= 4 is 32.1 Å². The van der Waals surface area contributed by atoms with Crippen LogP contribution in [0.25, 0.3) is 10.9 Å². The SMILES string of the molecule is CCOP(OCC)n1cc(S)c2ccccc21. The van der Waals surface area contributed by atoms with Gasteiger partial charge in [0.1, 0.15) is 0 Å². The van der Waals surface area contributed by atoms with Gasteiger partial charge in [-0.25, -0.2) is 0 Å². The van der Waals surface area contributed by atoms with Crippen LogP contribution in [-0.4, -0.2) is 17.6 Å². The molecule has 0 saturated carbocycles. The average molecular weight is 269 g/mol. The summed E-state index contributed by atoms with van der Waals surface area (Å²) in [6.45, 7) is 5.23. The van der Waals surface area contributed by atoms with Crippen LogP contribution < -0.4 is 0 Å². The van der Waals surface area contributed by atoms with E-state index in [9.17, 15) is 0 Å². The van der Waals surface area contributed by atoms with Gasteiger partial charge in [-0.2, -0.15) is 0 Å². The molecule has 2 aromatic rings. The fourth-order valence-corrected chi connectivity index (χ4v) is 3.38. The second kappa shape index (κ2) is 5.87. The molecule has 0 spiro atoms. The van der Waals surface area contributed by atoms with E-state index in [0.29, 0.717) is 13.2 Å². The second-order valence-corrected chi connectivity index (χ2v) is 5.35. The molecule has 1 aromatic heterocycles. The highest BCUT2D eigenvalue weighted by atomic mass is 32.1. The molecule has 17 heavy (non-hydrogen) atoms. The largest absolute Gasteiger partial charge is 0.318 e. The Morgan fingerprint density at radius 2 is 1.82 bits per heavy atom. The van der Waals surface area contributed by atoms with Gasteiger partial charge >= 0.3 is 0 Å². The molecule has 0 unspecified atom stereocenters. The van der Waals surface area contributed by atoms with Crippen molar-refractivity contribution in [2.45, 2.75) is 18.7 Å². The van der Waals surface area contributed by atoms with Crippen molar-refractivity contribution in [3.05, 3.63) is 30.5 Å². The first-order valence-electron chi connectivity index (χ1n) is 5.63. The number of benzene rings is 1. The molecule has 2 rings (SSSR count). The van der Waals surface area contributed by atoms with Gasteiger partial charge in [-0.3, -0.25) is 4.34 Å². The Kier molecular flexibility index (Phi) is 4.46. The Balaban J connectivity index is 2.45. The molecule has 5 heteroatoms. The molecule has 0 aliphatic rings.